The van der Waals surface area contributed by atoms with Crippen LogP contribution in [-0.2, 0) is 17.8 Å². The molecule has 2 aromatic carbocycles. The molecule has 0 bridgehead atoms. The van der Waals surface area contributed by atoms with Crippen molar-refractivity contribution in [2.45, 2.75) is 32.4 Å². The third-order valence-corrected chi connectivity index (χ3v) is 4.93. The molecule has 30 heavy (non-hydrogen) atoms. The molecule has 3 aromatic rings. The number of nitrogens with zero attached hydrogens (tertiary/aromatic N) is 1. The summed E-state index contributed by atoms with van der Waals surface area (Å²) in [7, 11) is 0. The molecule has 0 saturated heterocycles. The van der Waals surface area contributed by atoms with Crippen LogP contribution in [-0.4, -0.2) is 33.3 Å². The number of aromatic hydroxyl groups is 1. The average molecular weight is 446 g/mol. The van der Waals surface area contributed by atoms with Crippen molar-refractivity contribution in [2.75, 3.05) is 0 Å². The van der Waals surface area contributed by atoms with Crippen molar-refractivity contribution in [1.29, 1.82) is 0 Å². The maximum atomic E-state index is 13.0. The molecular formula is C20H16ClF4NO4. The van der Waals surface area contributed by atoms with Crippen molar-refractivity contribution >= 4 is 28.5 Å². The highest BCUT2D eigenvalue weighted by Gasteiger charge is 2.43. The number of carboxylic acids is 1. The highest BCUT2D eigenvalue weighted by atomic mass is 35.5. The van der Waals surface area contributed by atoms with Gasteiger partial charge < -0.3 is 19.5 Å². The molecule has 1 heterocycles. The fourth-order valence-corrected chi connectivity index (χ4v) is 3.34. The highest BCUT2D eigenvalue weighted by Crippen LogP contribution is 2.35. The van der Waals surface area contributed by atoms with Gasteiger partial charge in [-0.15, -0.1) is 0 Å². The molecule has 2 N–H and O–H groups in total. The van der Waals surface area contributed by atoms with Crippen LogP contribution in [0.15, 0.2) is 36.4 Å². The number of hydrogen-bond acceptors (Lipinski definition) is 3. The van der Waals surface area contributed by atoms with E-state index >= 15 is 0 Å². The van der Waals surface area contributed by atoms with Gasteiger partial charge in [-0.3, -0.25) is 4.79 Å². The molecule has 10 heteroatoms. The van der Waals surface area contributed by atoms with E-state index in [0.29, 0.717) is 27.7 Å². The van der Waals surface area contributed by atoms with Gasteiger partial charge in [0.05, 0.1) is 17.0 Å². The summed E-state index contributed by atoms with van der Waals surface area (Å²) >= 11 is 6.01. The first-order valence-corrected chi connectivity index (χ1v) is 9.03. The van der Waals surface area contributed by atoms with Gasteiger partial charge in [-0.25, -0.2) is 0 Å². The largest absolute Gasteiger partial charge is 0.506 e. The van der Waals surface area contributed by atoms with Crippen LogP contribution < -0.4 is 4.74 Å². The molecule has 0 radical (unpaired) electrons. The summed E-state index contributed by atoms with van der Waals surface area (Å²) in [6.07, 6.45) is -8.83. The zero-order valence-electron chi connectivity index (χ0n) is 15.5. The van der Waals surface area contributed by atoms with Crippen LogP contribution >= 0.6 is 11.6 Å². The zero-order valence-corrected chi connectivity index (χ0v) is 16.3. The van der Waals surface area contributed by atoms with E-state index in [4.69, 9.17) is 11.6 Å². The number of hydrogen-bond donors (Lipinski definition) is 2. The van der Waals surface area contributed by atoms with Gasteiger partial charge in [-0.05, 0) is 42.3 Å². The van der Waals surface area contributed by atoms with Crippen molar-refractivity contribution in [3.63, 3.8) is 0 Å². The van der Waals surface area contributed by atoms with Crippen molar-refractivity contribution in [1.82, 2.24) is 4.57 Å². The van der Waals surface area contributed by atoms with Gasteiger partial charge in [-0.1, -0.05) is 23.7 Å². The number of aliphatic carboxylic acids is 1. The van der Waals surface area contributed by atoms with Crippen molar-refractivity contribution in [3.05, 3.63) is 58.2 Å². The van der Waals surface area contributed by atoms with Crippen LogP contribution in [0.25, 0.3) is 10.9 Å². The second-order valence-electron chi connectivity index (χ2n) is 6.65. The maximum absolute atomic E-state index is 13.0. The second-order valence-corrected chi connectivity index (χ2v) is 7.06. The van der Waals surface area contributed by atoms with E-state index in [1.165, 1.54) is 24.3 Å². The normalized spacial score (nSPS) is 12.0. The lowest BCUT2D eigenvalue weighted by Crippen LogP contribution is -2.33. The Kier molecular flexibility index (Phi) is 5.85. The number of benzene rings is 2. The van der Waals surface area contributed by atoms with E-state index < -0.39 is 24.3 Å². The quantitative estimate of drug-likeness (QED) is 0.489. The fourth-order valence-electron chi connectivity index (χ4n) is 3.18. The SMILES string of the molecule is Cc1c(CC(=O)O)c2cc(O)c(Cl)cc2n1Cc1ccc(OC(F)(F)C(F)F)cc1. The molecule has 1 aromatic heterocycles. The Balaban J connectivity index is 1.96. The van der Waals surface area contributed by atoms with Crippen LogP contribution in [0.2, 0.25) is 5.02 Å². The van der Waals surface area contributed by atoms with Gasteiger partial charge in [0.1, 0.15) is 11.5 Å². The minimum absolute atomic E-state index is 0.0844. The zero-order chi connectivity index (χ0) is 22.2. The molecule has 3 rings (SSSR count). The minimum Gasteiger partial charge on any atom is -0.506 e. The van der Waals surface area contributed by atoms with Gasteiger partial charge >= 0.3 is 18.5 Å². The summed E-state index contributed by atoms with van der Waals surface area (Å²) in [5.41, 5.74) is 2.32. The maximum Gasteiger partial charge on any atom is 0.461 e. The Morgan fingerprint density at radius 1 is 1.23 bits per heavy atom. The van der Waals surface area contributed by atoms with Crippen molar-refractivity contribution in [3.8, 4) is 11.5 Å². The molecule has 0 aliphatic heterocycles. The number of phenolic OH excluding ortho intramolecular Hbond substituents is 1. The summed E-state index contributed by atoms with van der Waals surface area (Å²) in [6.45, 7) is 1.93. The van der Waals surface area contributed by atoms with Gasteiger partial charge in [-0.2, -0.15) is 17.6 Å². The molecule has 0 unspecified atom stereocenters. The lowest BCUT2D eigenvalue weighted by molar-refractivity contribution is -0.253. The van der Waals surface area contributed by atoms with Crippen LogP contribution in [0.4, 0.5) is 17.6 Å². The number of alkyl halides is 4. The smallest absolute Gasteiger partial charge is 0.461 e. The summed E-state index contributed by atoms with van der Waals surface area (Å²) < 4.78 is 56.4. The second kappa shape index (κ2) is 8.06. The van der Waals surface area contributed by atoms with Crippen molar-refractivity contribution in [2.24, 2.45) is 0 Å². The molecule has 0 atom stereocenters. The average Bonchev–Trinajstić information content (AvgIpc) is 2.88. The van der Waals surface area contributed by atoms with Crippen LogP contribution in [0.5, 0.6) is 11.5 Å². The van der Waals surface area contributed by atoms with Crippen molar-refractivity contribution < 1.29 is 37.3 Å². The van der Waals surface area contributed by atoms with E-state index in [0.717, 1.165) is 12.1 Å². The number of phenols is 1. The lowest BCUT2D eigenvalue weighted by atomic mass is 10.1. The van der Waals surface area contributed by atoms with Gasteiger partial charge in [0.25, 0.3) is 0 Å². The van der Waals surface area contributed by atoms with E-state index in [1.807, 2.05) is 0 Å². The standard InChI is InChI=1S/C20H16ClF4NO4/c1-10-13(7-18(28)29)14-6-17(27)15(21)8-16(14)26(10)9-11-2-4-12(5-3-11)30-20(24,25)19(22)23/h2-6,8,19,27H,7,9H2,1H3,(H,28,29). The first-order chi connectivity index (χ1) is 14.0. The minimum atomic E-state index is -4.60. The van der Waals surface area contributed by atoms with E-state index in [1.54, 1.807) is 11.5 Å². The Morgan fingerprint density at radius 2 is 1.87 bits per heavy atom. The Hall–Kier alpha value is -2.94. The number of carbonyl (C=O) groups is 1. The Labute approximate surface area is 173 Å². The molecule has 0 fully saturated rings. The third kappa shape index (κ3) is 4.30. The van der Waals surface area contributed by atoms with Gasteiger partial charge in [0, 0.05) is 17.6 Å². The van der Waals surface area contributed by atoms with Crippen LogP contribution in [0.1, 0.15) is 16.8 Å². The lowest BCUT2D eigenvalue weighted by Gasteiger charge is -2.17. The molecule has 0 spiro atoms. The molecule has 160 valence electrons. The number of fused-ring (bicyclic) bond motifs is 1. The molecule has 0 aliphatic carbocycles. The summed E-state index contributed by atoms with van der Waals surface area (Å²) in [5.74, 6) is -1.65. The summed E-state index contributed by atoms with van der Waals surface area (Å²) in [6, 6.07) is 8.05. The fraction of sp³-hybridized carbons (Fsp3) is 0.250. The van der Waals surface area contributed by atoms with Crippen LogP contribution in [0, 0.1) is 6.92 Å². The number of halogens is 5. The molecular weight excluding hydrogens is 430 g/mol. The molecule has 5 nitrogen and oxygen atoms in total. The van der Waals surface area contributed by atoms with Gasteiger partial charge in [0.2, 0.25) is 0 Å². The van der Waals surface area contributed by atoms with Gasteiger partial charge in [0.15, 0.2) is 0 Å². The number of rotatable bonds is 7. The number of carboxylic acid groups (broad SMARTS) is 1. The third-order valence-electron chi connectivity index (χ3n) is 4.62. The first kappa shape index (κ1) is 21.8. The van der Waals surface area contributed by atoms with E-state index in [9.17, 15) is 32.6 Å². The topological polar surface area (TPSA) is 71.7 Å². The number of aromatic nitrogens is 1. The monoisotopic (exact) mass is 445 g/mol. The Morgan fingerprint density at radius 3 is 2.43 bits per heavy atom. The summed E-state index contributed by atoms with van der Waals surface area (Å²) in [5, 5.41) is 19.7. The van der Waals surface area contributed by atoms with Crippen LogP contribution in [0.3, 0.4) is 0 Å². The molecule has 0 saturated carbocycles. The number of ether oxygens (including phenoxy) is 1. The predicted octanol–water partition coefficient (Wildman–Crippen LogP) is 5.22. The molecule has 0 amide bonds. The highest BCUT2D eigenvalue weighted by molar-refractivity contribution is 6.32. The first-order valence-electron chi connectivity index (χ1n) is 8.65. The van der Waals surface area contributed by atoms with E-state index in [2.05, 4.69) is 4.74 Å². The molecule has 0 aliphatic rings. The summed E-state index contributed by atoms with van der Waals surface area (Å²) in [4.78, 5) is 11.3. The Bertz CT molecular complexity index is 1100. The van der Waals surface area contributed by atoms with E-state index in [-0.39, 0.29) is 23.7 Å². The predicted molar refractivity (Wildman–Crippen MR) is 102 cm³/mol.